The van der Waals surface area contributed by atoms with Crippen LogP contribution in [0.4, 0.5) is 0 Å². The van der Waals surface area contributed by atoms with Crippen LogP contribution in [-0.4, -0.2) is 35.0 Å². The molecular formula is C19H28O4W. The number of Topliss-reactive ketones (excluding diaryl/α,β-unsaturated/α-hetero) is 2. The van der Waals surface area contributed by atoms with E-state index in [0.717, 1.165) is 36.8 Å². The maximum absolute atomic E-state index is 11.2. The molecule has 0 fully saturated rings. The van der Waals surface area contributed by atoms with Gasteiger partial charge in [0.1, 0.15) is 6.61 Å². The zero-order chi connectivity index (χ0) is 16.5. The van der Waals surface area contributed by atoms with Crippen LogP contribution in [0.15, 0.2) is 22.3 Å². The molecule has 0 aromatic rings. The summed E-state index contributed by atoms with van der Waals surface area (Å²) >= 11 is 0. The third kappa shape index (κ3) is 7.71. The number of allylic oxidation sites excluding steroid dienone is 4. The number of ketones is 2. The molecular weight excluding hydrogens is 476 g/mol. The van der Waals surface area contributed by atoms with Gasteiger partial charge in [0.15, 0.2) is 11.6 Å². The van der Waals surface area contributed by atoms with Crippen molar-refractivity contribution < 1.29 is 40.9 Å². The van der Waals surface area contributed by atoms with Gasteiger partial charge in [-0.1, -0.05) is 30.4 Å². The van der Waals surface area contributed by atoms with E-state index in [4.69, 9.17) is 10.2 Å². The van der Waals surface area contributed by atoms with E-state index in [9.17, 15) is 9.59 Å². The van der Waals surface area contributed by atoms with Gasteiger partial charge in [-0.25, -0.2) is 0 Å². The van der Waals surface area contributed by atoms with Crippen molar-refractivity contribution in [3.63, 3.8) is 0 Å². The molecule has 0 amide bonds. The molecule has 0 radical (unpaired) electrons. The number of carbonyl (C=O) groups excluding carboxylic acids is 2. The third-order valence-corrected chi connectivity index (χ3v) is 3.89. The molecule has 0 heterocycles. The van der Waals surface area contributed by atoms with E-state index < -0.39 is 0 Å². The maximum Gasteiger partial charge on any atom is 0.171 e. The fourth-order valence-corrected chi connectivity index (χ4v) is 2.54. The molecule has 2 N–H and O–H groups in total. The summed E-state index contributed by atoms with van der Waals surface area (Å²) < 4.78 is 0. The Bertz CT molecular complexity index is 562. The van der Waals surface area contributed by atoms with E-state index in [0.29, 0.717) is 18.4 Å². The summed E-state index contributed by atoms with van der Waals surface area (Å²) in [4.78, 5) is 22.2. The summed E-state index contributed by atoms with van der Waals surface area (Å²) in [5.41, 5.74) is 3.86. The zero-order valence-electron chi connectivity index (χ0n) is 13.8. The molecule has 0 unspecified atom stereocenters. The molecule has 0 saturated heterocycles. The quantitative estimate of drug-likeness (QED) is 0.580. The van der Waals surface area contributed by atoms with Crippen molar-refractivity contribution in [1.29, 1.82) is 0 Å². The van der Waals surface area contributed by atoms with Gasteiger partial charge in [0.05, 0.1) is 5.57 Å². The SMILES string of the molecule is C.CC1=C(C#CCO)C(=O)CC1.CC1=C(CCCO)C(=O)CC1.[W]. The fraction of sp³-hybridized carbons (Fsp3) is 0.579. The van der Waals surface area contributed by atoms with Crippen LogP contribution in [0, 0.1) is 11.8 Å². The molecule has 0 saturated carbocycles. The second-order valence-corrected chi connectivity index (χ2v) is 5.55. The average Bonchev–Trinajstić information content (AvgIpc) is 2.99. The first-order chi connectivity index (χ1) is 10.5. The molecule has 0 aromatic heterocycles. The van der Waals surface area contributed by atoms with Gasteiger partial charge in [-0.15, -0.1) is 0 Å². The van der Waals surface area contributed by atoms with Crippen molar-refractivity contribution in [2.24, 2.45) is 0 Å². The molecule has 2 aliphatic carbocycles. The van der Waals surface area contributed by atoms with Crippen molar-refractivity contribution in [3.05, 3.63) is 22.3 Å². The largest absolute Gasteiger partial charge is 0.396 e. The molecule has 2 aliphatic rings. The second-order valence-electron chi connectivity index (χ2n) is 5.55. The van der Waals surface area contributed by atoms with E-state index in [1.54, 1.807) is 0 Å². The minimum atomic E-state index is -0.177. The normalized spacial score (nSPS) is 16.0. The summed E-state index contributed by atoms with van der Waals surface area (Å²) in [7, 11) is 0. The first-order valence-corrected chi connectivity index (χ1v) is 7.66. The van der Waals surface area contributed by atoms with Crippen molar-refractivity contribution in [2.75, 3.05) is 13.2 Å². The Kier molecular flexibility index (Phi) is 14.0. The molecule has 5 heteroatoms. The van der Waals surface area contributed by atoms with Crippen LogP contribution in [-0.2, 0) is 30.7 Å². The molecule has 0 aliphatic heterocycles. The standard InChI is InChI=1S/C9H14O2.C9H10O2.CH4.W/c2*1-7-4-5-9(11)8(7)3-2-6-10;;/h10H,2-6H2,1H3;10H,4-6H2,1H3;1H4;. The van der Waals surface area contributed by atoms with Crippen LogP contribution in [0.2, 0.25) is 0 Å². The molecule has 0 spiro atoms. The van der Waals surface area contributed by atoms with Crippen LogP contribution in [0.3, 0.4) is 0 Å². The van der Waals surface area contributed by atoms with E-state index in [1.807, 2.05) is 13.8 Å². The predicted molar refractivity (Wildman–Crippen MR) is 91.8 cm³/mol. The summed E-state index contributed by atoms with van der Waals surface area (Å²) in [6.07, 6.45) is 4.52. The van der Waals surface area contributed by atoms with Gasteiger partial charge < -0.3 is 10.2 Å². The Morgan fingerprint density at radius 3 is 1.96 bits per heavy atom. The second kappa shape index (κ2) is 13.3. The first kappa shape index (κ1) is 25.2. The number of hydrogen-bond acceptors (Lipinski definition) is 4. The van der Waals surface area contributed by atoms with Crippen LogP contribution < -0.4 is 0 Å². The molecule has 0 bridgehead atoms. The van der Waals surface area contributed by atoms with Crippen LogP contribution >= 0.6 is 0 Å². The molecule has 134 valence electrons. The van der Waals surface area contributed by atoms with E-state index in [-0.39, 0.29) is 53.3 Å². The van der Waals surface area contributed by atoms with E-state index >= 15 is 0 Å². The smallest absolute Gasteiger partial charge is 0.171 e. The van der Waals surface area contributed by atoms with E-state index in [2.05, 4.69) is 11.8 Å². The number of rotatable bonds is 3. The molecule has 4 nitrogen and oxygen atoms in total. The topological polar surface area (TPSA) is 74.6 Å². The third-order valence-electron chi connectivity index (χ3n) is 3.89. The van der Waals surface area contributed by atoms with Crippen LogP contribution in [0.5, 0.6) is 0 Å². The van der Waals surface area contributed by atoms with Crippen LogP contribution in [0.25, 0.3) is 0 Å². The van der Waals surface area contributed by atoms with Gasteiger partial charge in [0, 0.05) is 40.5 Å². The van der Waals surface area contributed by atoms with Gasteiger partial charge >= 0.3 is 0 Å². The summed E-state index contributed by atoms with van der Waals surface area (Å²) in [6.45, 7) is 3.93. The number of hydrogen-bond donors (Lipinski definition) is 2. The van der Waals surface area contributed by atoms with Crippen LogP contribution in [0.1, 0.15) is 59.8 Å². The van der Waals surface area contributed by atoms with Crippen molar-refractivity contribution >= 4 is 11.6 Å². The molecule has 24 heavy (non-hydrogen) atoms. The maximum atomic E-state index is 11.2. The van der Waals surface area contributed by atoms with Crippen molar-refractivity contribution in [2.45, 2.75) is 59.8 Å². The summed E-state index contributed by atoms with van der Waals surface area (Å²) in [6, 6.07) is 0. The average molecular weight is 504 g/mol. The Hall–Kier alpha value is -1.01. The Morgan fingerprint density at radius 1 is 0.958 bits per heavy atom. The number of aliphatic hydroxyl groups is 2. The van der Waals surface area contributed by atoms with Gasteiger partial charge in [0.25, 0.3) is 0 Å². The number of aliphatic hydroxyl groups excluding tert-OH is 2. The zero-order valence-corrected chi connectivity index (χ0v) is 16.7. The molecule has 0 aromatic carbocycles. The van der Waals surface area contributed by atoms with Gasteiger partial charge in [-0.3, -0.25) is 9.59 Å². The summed E-state index contributed by atoms with van der Waals surface area (Å²) in [5.74, 6) is 5.54. The van der Waals surface area contributed by atoms with E-state index in [1.165, 1.54) is 5.57 Å². The van der Waals surface area contributed by atoms with Crippen molar-refractivity contribution in [1.82, 2.24) is 0 Å². The van der Waals surface area contributed by atoms with Gasteiger partial charge in [-0.2, -0.15) is 0 Å². The summed E-state index contributed by atoms with van der Waals surface area (Å²) in [5, 5.41) is 17.0. The molecule has 0 atom stereocenters. The Labute approximate surface area is 159 Å². The number of carbonyl (C=O) groups is 2. The fourth-order valence-electron chi connectivity index (χ4n) is 2.54. The minimum absolute atomic E-state index is 0. The Morgan fingerprint density at radius 2 is 1.54 bits per heavy atom. The minimum Gasteiger partial charge on any atom is -0.396 e. The monoisotopic (exact) mass is 504 g/mol. The predicted octanol–water partition coefficient (Wildman–Crippen LogP) is 2.73. The first-order valence-electron chi connectivity index (χ1n) is 7.66. The van der Waals surface area contributed by atoms with Gasteiger partial charge in [0.2, 0.25) is 0 Å². The van der Waals surface area contributed by atoms with Gasteiger partial charge in [-0.05, 0) is 45.1 Å². The molecule has 2 rings (SSSR count). The Balaban J connectivity index is 0. The van der Waals surface area contributed by atoms with Crippen molar-refractivity contribution in [3.8, 4) is 11.8 Å².